The lowest BCUT2D eigenvalue weighted by atomic mass is 10.2. The molecule has 1 unspecified atom stereocenters. The lowest BCUT2D eigenvalue weighted by Crippen LogP contribution is -2.51. The SMILES string of the molecule is CC(C(=O)N1CCN(c2ccc(Br)cn2)CC1)n1c(=O)oc2ccccc21. The number of anilines is 1. The molecular weight excluding hydrogens is 412 g/mol. The van der Waals surface area contributed by atoms with Crippen molar-refractivity contribution in [1.82, 2.24) is 14.5 Å². The number of aromatic nitrogens is 2. The first-order chi connectivity index (χ1) is 13.0. The van der Waals surface area contributed by atoms with E-state index in [1.807, 2.05) is 18.2 Å². The quantitative estimate of drug-likeness (QED) is 0.638. The standard InChI is InChI=1S/C19H19BrN4O3/c1-13(24-15-4-2-3-5-16(15)27-19(24)26)18(25)23-10-8-22(9-11-23)17-7-6-14(20)12-21-17/h2-7,12-13H,8-11H2,1H3. The van der Waals surface area contributed by atoms with Gasteiger partial charge in [-0.3, -0.25) is 9.36 Å². The number of hydrogen-bond acceptors (Lipinski definition) is 5. The van der Waals surface area contributed by atoms with Crippen molar-refractivity contribution in [3.8, 4) is 0 Å². The van der Waals surface area contributed by atoms with Crippen LogP contribution in [-0.4, -0.2) is 46.5 Å². The molecule has 27 heavy (non-hydrogen) atoms. The minimum atomic E-state index is -0.612. The minimum absolute atomic E-state index is 0.0768. The average molecular weight is 431 g/mol. The van der Waals surface area contributed by atoms with Gasteiger partial charge in [0.1, 0.15) is 11.9 Å². The molecule has 7 nitrogen and oxygen atoms in total. The molecule has 3 aromatic rings. The van der Waals surface area contributed by atoms with Gasteiger partial charge in [-0.1, -0.05) is 12.1 Å². The van der Waals surface area contributed by atoms with E-state index >= 15 is 0 Å². The van der Waals surface area contributed by atoms with Crippen LogP contribution in [0.25, 0.3) is 11.1 Å². The third-order valence-corrected chi connectivity index (χ3v) is 5.36. The Balaban J connectivity index is 1.48. The summed E-state index contributed by atoms with van der Waals surface area (Å²) in [6.07, 6.45) is 1.77. The summed E-state index contributed by atoms with van der Waals surface area (Å²) in [4.78, 5) is 33.6. The Morgan fingerprint density at radius 3 is 2.59 bits per heavy atom. The fraction of sp³-hybridized carbons (Fsp3) is 0.316. The molecule has 1 saturated heterocycles. The molecule has 1 fully saturated rings. The van der Waals surface area contributed by atoms with Crippen molar-refractivity contribution < 1.29 is 9.21 Å². The van der Waals surface area contributed by atoms with Gasteiger partial charge >= 0.3 is 5.76 Å². The topological polar surface area (TPSA) is 71.6 Å². The zero-order valence-corrected chi connectivity index (χ0v) is 16.4. The number of fused-ring (bicyclic) bond motifs is 1. The van der Waals surface area contributed by atoms with Crippen LogP contribution in [0.5, 0.6) is 0 Å². The van der Waals surface area contributed by atoms with Gasteiger partial charge in [0.05, 0.1) is 5.52 Å². The van der Waals surface area contributed by atoms with E-state index in [0.717, 1.165) is 10.3 Å². The van der Waals surface area contributed by atoms with Crippen molar-refractivity contribution >= 4 is 38.8 Å². The number of nitrogens with zero attached hydrogens (tertiary/aromatic N) is 4. The number of benzene rings is 1. The Hall–Kier alpha value is -2.61. The maximum Gasteiger partial charge on any atom is 0.420 e. The molecule has 1 aliphatic heterocycles. The average Bonchev–Trinajstić information content (AvgIpc) is 3.03. The second-order valence-electron chi connectivity index (χ2n) is 6.53. The van der Waals surface area contributed by atoms with Gasteiger partial charge in [0, 0.05) is 36.8 Å². The van der Waals surface area contributed by atoms with E-state index < -0.39 is 11.8 Å². The summed E-state index contributed by atoms with van der Waals surface area (Å²) in [7, 11) is 0. The van der Waals surface area contributed by atoms with Crippen molar-refractivity contribution in [3.05, 3.63) is 57.6 Å². The van der Waals surface area contributed by atoms with Gasteiger partial charge in [-0.2, -0.15) is 0 Å². The number of piperazine rings is 1. The van der Waals surface area contributed by atoms with Crippen LogP contribution in [-0.2, 0) is 4.79 Å². The lowest BCUT2D eigenvalue weighted by Gasteiger charge is -2.36. The third kappa shape index (κ3) is 3.37. The fourth-order valence-corrected chi connectivity index (χ4v) is 3.67. The summed E-state index contributed by atoms with van der Waals surface area (Å²) < 4.78 is 7.63. The monoisotopic (exact) mass is 430 g/mol. The van der Waals surface area contributed by atoms with Gasteiger partial charge in [-0.15, -0.1) is 0 Å². The number of carbonyl (C=O) groups is 1. The summed E-state index contributed by atoms with van der Waals surface area (Å²) in [6, 6.07) is 10.5. The highest BCUT2D eigenvalue weighted by atomic mass is 79.9. The Bertz CT molecular complexity index is 1020. The van der Waals surface area contributed by atoms with E-state index in [1.54, 1.807) is 36.2 Å². The van der Waals surface area contributed by atoms with E-state index in [1.165, 1.54) is 4.57 Å². The lowest BCUT2D eigenvalue weighted by molar-refractivity contribution is -0.134. The largest absolute Gasteiger partial charge is 0.420 e. The van der Waals surface area contributed by atoms with E-state index in [2.05, 4.69) is 25.8 Å². The van der Waals surface area contributed by atoms with Gasteiger partial charge in [-0.25, -0.2) is 9.78 Å². The Morgan fingerprint density at radius 2 is 1.89 bits per heavy atom. The van der Waals surface area contributed by atoms with E-state index in [-0.39, 0.29) is 5.91 Å². The third-order valence-electron chi connectivity index (χ3n) is 4.89. The molecule has 1 aliphatic rings. The number of halogens is 1. The molecule has 1 atom stereocenters. The second-order valence-corrected chi connectivity index (χ2v) is 7.44. The van der Waals surface area contributed by atoms with Gasteiger partial charge in [0.25, 0.3) is 0 Å². The van der Waals surface area contributed by atoms with E-state index in [4.69, 9.17) is 4.42 Å². The molecule has 140 valence electrons. The fourth-order valence-electron chi connectivity index (χ4n) is 3.44. The molecule has 0 aliphatic carbocycles. The van der Waals surface area contributed by atoms with Crippen LogP contribution < -0.4 is 10.7 Å². The number of rotatable bonds is 3. The van der Waals surface area contributed by atoms with Crippen LogP contribution in [0.3, 0.4) is 0 Å². The zero-order valence-electron chi connectivity index (χ0n) is 14.8. The summed E-state index contributed by atoms with van der Waals surface area (Å²) >= 11 is 3.39. The van der Waals surface area contributed by atoms with Crippen LogP contribution in [0.4, 0.5) is 5.82 Å². The van der Waals surface area contributed by atoms with Gasteiger partial charge in [0.15, 0.2) is 5.58 Å². The Kier molecular flexibility index (Phi) is 4.73. The summed E-state index contributed by atoms with van der Waals surface area (Å²) in [5, 5.41) is 0. The number of amides is 1. The summed E-state index contributed by atoms with van der Waals surface area (Å²) in [5.74, 6) is 0.317. The molecule has 3 heterocycles. The molecule has 1 aromatic carbocycles. The normalized spacial score (nSPS) is 15.9. The number of carbonyl (C=O) groups excluding carboxylic acids is 1. The molecule has 1 amide bonds. The van der Waals surface area contributed by atoms with Crippen LogP contribution in [0, 0.1) is 0 Å². The van der Waals surface area contributed by atoms with Crippen LogP contribution in [0.1, 0.15) is 13.0 Å². The summed E-state index contributed by atoms with van der Waals surface area (Å²) in [5.41, 5.74) is 1.13. The maximum absolute atomic E-state index is 13.0. The predicted molar refractivity (Wildman–Crippen MR) is 106 cm³/mol. The predicted octanol–water partition coefficient (Wildman–Crippen LogP) is 2.66. The molecule has 2 aromatic heterocycles. The first-order valence-corrected chi connectivity index (χ1v) is 9.59. The van der Waals surface area contributed by atoms with E-state index in [9.17, 15) is 9.59 Å². The molecule has 4 rings (SSSR count). The minimum Gasteiger partial charge on any atom is -0.408 e. The summed E-state index contributed by atoms with van der Waals surface area (Å²) in [6.45, 7) is 4.33. The highest BCUT2D eigenvalue weighted by Gasteiger charge is 2.28. The Labute approximate surface area is 164 Å². The molecule has 0 bridgehead atoms. The molecule has 0 radical (unpaired) electrons. The highest BCUT2D eigenvalue weighted by Crippen LogP contribution is 2.20. The van der Waals surface area contributed by atoms with Gasteiger partial charge in [0.2, 0.25) is 5.91 Å². The number of pyridine rings is 1. The smallest absolute Gasteiger partial charge is 0.408 e. The van der Waals surface area contributed by atoms with Crippen molar-refractivity contribution in [2.24, 2.45) is 0 Å². The highest BCUT2D eigenvalue weighted by molar-refractivity contribution is 9.10. The van der Waals surface area contributed by atoms with Gasteiger partial charge < -0.3 is 14.2 Å². The van der Waals surface area contributed by atoms with Crippen LogP contribution >= 0.6 is 15.9 Å². The second kappa shape index (κ2) is 7.19. The number of hydrogen-bond donors (Lipinski definition) is 0. The molecular formula is C19H19BrN4O3. The van der Waals surface area contributed by atoms with Crippen molar-refractivity contribution in [3.63, 3.8) is 0 Å². The van der Waals surface area contributed by atoms with Crippen molar-refractivity contribution in [2.75, 3.05) is 31.1 Å². The maximum atomic E-state index is 13.0. The molecule has 0 spiro atoms. The first-order valence-electron chi connectivity index (χ1n) is 8.80. The van der Waals surface area contributed by atoms with E-state index in [0.29, 0.717) is 37.3 Å². The number of oxazole rings is 1. The van der Waals surface area contributed by atoms with Crippen molar-refractivity contribution in [2.45, 2.75) is 13.0 Å². The van der Waals surface area contributed by atoms with Gasteiger partial charge in [-0.05, 0) is 47.1 Å². The zero-order chi connectivity index (χ0) is 19.0. The Morgan fingerprint density at radius 1 is 1.15 bits per heavy atom. The number of para-hydroxylation sites is 2. The van der Waals surface area contributed by atoms with Crippen molar-refractivity contribution in [1.29, 1.82) is 0 Å². The molecule has 0 saturated carbocycles. The van der Waals surface area contributed by atoms with Crippen LogP contribution in [0.2, 0.25) is 0 Å². The molecule has 8 heteroatoms. The molecule has 0 N–H and O–H groups in total. The first kappa shape index (κ1) is 17.8. The van der Waals surface area contributed by atoms with Crippen LogP contribution in [0.15, 0.2) is 56.3 Å².